The van der Waals surface area contributed by atoms with Gasteiger partial charge >= 0.3 is 32.2 Å². The average molecular weight is 316 g/mol. The van der Waals surface area contributed by atoms with Crippen LogP contribution in [0, 0.1) is 0 Å². The number of hydrogen-bond donors (Lipinski definition) is 2. The monoisotopic (exact) mass is 316 g/mol. The predicted octanol–water partition coefficient (Wildman–Crippen LogP) is -0.107. The molecular weight excluding hydrogens is 309 g/mol. The first-order chi connectivity index (χ1) is 6.65. The van der Waals surface area contributed by atoms with Crippen LogP contribution in [0.1, 0.15) is 10.4 Å². The van der Waals surface area contributed by atoms with E-state index in [-0.39, 0.29) is 30.2 Å². The molecule has 1 aromatic carbocycles. The first-order valence-corrected chi connectivity index (χ1v) is 4.48. The molecule has 0 aliphatic heterocycles. The fourth-order valence-electron chi connectivity index (χ4n) is 0.893. The van der Waals surface area contributed by atoms with Crippen LogP contribution in [0.2, 0.25) is 0 Å². The molecule has 0 saturated heterocycles. The van der Waals surface area contributed by atoms with Crippen molar-refractivity contribution in [3.05, 3.63) is 29.8 Å². The summed E-state index contributed by atoms with van der Waals surface area (Å²) in [6.07, 6.45) is 0. The van der Waals surface area contributed by atoms with Crippen LogP contribution in [0.4, 0.5) is 0 Å². The van der Waals surface area contributed by atoms with E-state index in [1.165, 1.54) is 35.1 Å². The van der Waals surface area contributed by atoms with E-state index in [1.54, 1.807) is 12.1 Å². The number of rotatable bonds is 3. The third-order valence-corrected chi connectivity index (χ3v) is 1.81. The molecular formula is C7H7BILiO5. The van der Waals surface area contributed by atoms with E-state index in [9.17, 15) is 4.79 Å². The maximum atomic E-state index is 11.1. The Hall–Kier alpha value is -0.198. The van der Waals surface area contributed by atoms with Gasteiger partial charge in [0.1, 0.15) is 11.3 Å². The zero-order chi connectivity index (χ0) is 10.6. The molecule has 0 aromatic heterocycles. The van der Waals surface area contributed by atoms with Gasteiger partial charge in [-0.3, -0.25) is 0 Å². The molecule has 1 rings (SSSR count). The first-order valence-electron chi connectivity index (χ1n) is 3.60. The summed E-state index contributed by atoms with van der Waals surface area (Å²) in [5.74, 6) is -0.550. The van der Waals surface area contributed by atoms with Crippen molar-refractivity contribution in [1.29, 1.82) is 0 Å². The summed E-state index contributed by atoms with van der Waals surface area (Å²) in [5, 5.41) is 17.1. The number of carbonyl (C=O) groups is 1. The predicted molar refractivity (Wildman–Crippen MR) is 63.8 cm³/mol. The molecule has 76 valence electrons. The summed E-state index contributed by atoms with van der Waals surface area (Å²) in [6, 6.07) is 6.10. The van der Waals surface area contributed by atoms with Gasteiger partial charge in [-0.25, -0.2) is 4.79 Å². The SMILES string of the molecule is O=C(OI)c1ccccc1OB(O)O.[LiH]. The van der Waals surface area contributed by atoms with Gasteiger partial charge in [-0.05, 0) is 12.1 Å². The molecule has 0 bridgehead atoms. The van der Waals surface area contributed by atoms with Crippen molar-refractivity contribution in [2.75, 3.05) is 0 Å². The summed E-state index contributed by atoms with van der Waals surface area (Å²) in [5.41, 5.74) is 0.134. The van der Waals surface area contributed by atoms with Gasteiger partial charge in [0.25, 0.3) is 0 Å². The molecule has 0 radical (unpaired) electrons. The Balaban J connectivity index is 0.00000196. The van der Waals surface area contributed by atoms with Crippen molar-refractivity contribution in [2.45, 2.75) is 0 Å². The normalized spacial score (nSPS) is 8.73. The summed E-state index contributed by atoms with van der Waals surface area (Å²) in [7, 11) is -1.96. The Morgan fingerprint density at radius 2 is 1.93 bits per heavy atom. The van der Waals surface area contributed by atoms with Crippen molar-refractivity contribution >= 4 is 55.2 Å². The minimum absolute atomic E-state index is 0. The summed E-state index contributed by atoms with van der Waals surface area (Å²) >= 11 is 1.44. The standard InChI is InChI=1S/C7H6BIO5.Li.H/c9-14-7(10)5-3-1-2-4-6(5)13-8(11)12;;/h1-4,11-12H;;. The van der Waals surface area contributed by atoms with Crippen molar-refractivity contribution in [3.63, 3.8) is 0 Å². The van der Waals surface area contributed by atoms with Crippen LogP contribution in [0.3, 0.4) is 0 Å². The van der Waals surface area contributed by atoms with Crippen LogP contribution in [0.5, 0.6) is 5.75 Å². The molecule has 5 nitrogen and oxygen atoms in total. The summed E-state index contributed by atoms with van der Waals surface area (Å²) < 4.78 is 9.02. The molecule has 1 aromatic rings. The molecule has 0 saturated carbocycles. The molecule has 0 amide bonds. The number of benzene rings is 1. The van der Waals surface area contributed by atoms with Gasteiger partial charge in [-0.15, -0.1) is 0 Å². The van der Waals surface area contributed by atoms with Gasteiger partial charge in [0.05, 0.1) is 0 Å². The number of para-hydroxylation sites is 1. The maximum absolute atomic E-state index is 11.1. The Bertz CT molecular complexity index is 335. The van der Waals surface area contributed by atoms with Gasteiger partial charge in [-0.2, -0.15) is 0 Å². The molecule has 0 aliphatic carbocycles. The number of carbonyl (C=O) groups excluding carboxylic acids is 1. The molecule has 0 aliphatic rings. The van der Waals surface area contributed by atoms with Crippen LogP contribution in [-0.4, -0.2) is 42.2 Å². The van der Waals surface area contributed by atoms with E-state index in [4.69, 9.17) is 10.0 Å². The van der Waals surface area contributed by atoms with Crippen molar-refractivity contribution < 1.29 is 22.6 Å². The van der Waals surface area contributed by atoms with Gasteiger partial charge in [0, 0.05) is 0 Å². The average Bonchev–Trinajstić information content (AvgIpc) is 2.16. The second-order valence-corrected chi connectivity index (χ2v) is 2.75. The quantitative estimate of drug-likeness (QED) is 0.601. The Kier molecular flexibility index (Phi) is 7.04. The molecule has 2 N–H and O–H groups in total. The zero-order valence-corrected chi connectivity index (χ0v) is 9.04. The Morgan fingerprint density at radius 1 is 1.33 bits per heavy atom. The summed E-state index contributed by atoms with van der Waals surface area (Å²) in [6.45, 7) is 0. The van der Waals surface area contributed by atoms with E-state index < -0.39 is 13.3 Å². The molecule has 8 heteroatoms. The van der Waals surface area contributed by atoms with Crippen molar-refractivity contribution in [3.8, 4) is 5.75 Å². The van der Waals surface area contributed by atoms with Gasteiger partial charge < -0.3 is 17.8 Å². The first kappa shape index (κ1) is 14.8. The van der Waals surface area contributed by atoms with Crippen molar-refractivity contribution in [1.82, 2.24) is 0 Å². The third kappa shape index (κ3) is 4.44. The molecule has 0 spiro atoms. The fraction of sp³-hybridized carbons (Fsp3) is 0. The Morgan fingerprint density at radius 3 is 2.47 bits per heavy atom. The van der Waals surface area contributed by atoms with Gasteiger partial charge in [-0.1, -0.05) is 12.1 Å². The van der Waals surface area contributed by atoms with E-state index in [0.29, 0.717) is 0 Å². The summed E-state index contributed by atoms with van der Waals surface area (Å²) in [4.78, 5) is 11.1. The van der Waals surface area contributed by atoms with Crippen LogP contribution in [0.15, 0.2) is 24.3 Å². The van der Waals surface area contributed by atoms with Crippen molar-refractivity contribution in [2.24, 2.45) is 0 Å². The minimum atomic E-state index is -1.96. The topological polar surface area (TPSA) is 76.0 Å². The zero-order valence-electron chi connectivity index (χ0n) is 6.88. The van der Waals surface area contributed by atoms with Crippen LogP contribution >= 0.6 is 23.0 Å². The second kappa shape index (κ2) is 7.14. The molecule has 0 heterocycles. The van der Waals surface area contributed by atoms with Crippen LogP contribution in [-0.2, 0) is 3.07 Å². The molecule has 0 unspecified atom stereocenters. The number of hydrogen-bond acceptors (Lipinski definition) is 5. The molecule has 0 atom stereocenters. The molecule has 0 fully saturated rings. The molecule has 15 heavy (non-hydrogen) atoms. The van der Waals surface area contributed by atoms with E-state index in [2.05, 4.69) is 7.72 Å². The Labute approximate surface area is 113 Å². The van der Waals surface area contributed by atoms with E-state index in [0.717, 1.165) is 0 Å². The van der Waals surface area contributed by atoms with E-state index >= 15 is 0 Å². The second-order valence-electron chi connectivity index (χ2n) is 2.30. The van der Waals surface area contributed by atoms with Gasteiger partial charge in [0.2, 0.25) is 0 Å². The van der Waals surface area contributed by atoms with Crippen LogP contribution in [0.25, 0.3) is 0 Å². The third-order valence-electron chi connectivity index (χ3n) is 1.41. The van der Waals surface area contributed by atoms with Crippen LogP contribution < -0.4 is 4.65 Å². The number of halogens is 1. The van der Waals surface area contributed by atoms with E-state index in [1.807, 2.05) is 0 Å². The fourth-order valence-corrected chi connectivity index (χ4v) is 1.13. The van der Waals surface area contributed by atoms with Gasteiger partial charge in [0.15, 0.2) is 23.0 Å².